The maximum Gasteiger partial charge on any atom is 0.262 e. The third-order valence-electron chi connectivity index (χ3n) is 5.45. The number of likely N-dealkylation sites (N-methyl/N-ethyl adjacent to an activating group) is 1. The lowest BCUT2D eigenvalue weighted by Gasteiger charge is -2.22. The molecule has 0 radical (unpaired) electrons. The van der Waals surface area contributed by atoms with Gasteiger partial charge in [-0.05, 0) is 32.9 Å². The second-order valence-corrected chi connectivity index (χ2v) is 7.36. The summed E-state index contributed by atoms with van der Waals surface area (Å²) in [7, 11) is 2.01. The number of carbonyl (C=O) groups excluding carboxylic acids is 1. The lowest BCUT2D eigenvalue weighted by Crippen LogP contribution is -2.33. The first kappa shape index (κ1) is 19.9. The molecule has 3 aromatic rings. The van der Waals surface area contributed by atoms with Gasteiger partial charge in [0.15, 0.2) is 5.82 Å². The summed E-state index contributed by atoms with van der Waals surface area (Å²) in [6.45, 7) is 8.93. The van der Waals surface area contributed by atoms with E-state index in [4.69, 9.17) is 0 Å². The molecular weight excluding hydrogens is 378 g/mol. The topological polar surface area (TPSA) is 79.2 Å². The van der Waals surface area contributed by atoms with Crippen molar-refractivity contribution in [2.75, 3.05) is 41.8 Å². The maximum atomic E-state index is 13.4. The van der Waals surface area contributed by atoms with Gasteiger partial charge in [-0.1, -0.05) is 12.1 Å². The van der Waals surface area contributed by atoms with Gasteiger partial charge in [-0.25, -0.2) is 4.98 Å². The van der Waals surface area contributed by atoms with Crippen LogP contribution in [0.4, 0.5) is 17.2 Å². The fraction of sp³-hybridized carbons (Fsp3) is 0.364. The maximum absolute atomic E-state index is 13.4. The number of carbonyl (C=O) groups is 1. The van der Waals surface area contributed by atoms with Crippen molar-refractivity contribution in [3.8, 4) is 11.4 Å². The molecule has 2 aromatic heterocycles. The molecule has 1 aliphatic heterocycles. The monoisotopic (exact) mass is 405 g/mol. The minimum atomic E-state index is -0.0461. The molecule has 0 aliphatic carbocycles. The van der Waals surface area contributed by atoms with Gasteiger partial charge in [0.1, 0.15) is 11.6 Å². The molecule has 1 amide bonds. The smallest absolute Gasteiger partial charge is 0.262 e. The fourth-order valence-electron chi connectivity index (χ4n) is 3.85. The number of nitrogens with one attached hydrogen (secondary N) is 1. The van der Waals surface area contributed by atoms with Gasteiger partial charge in [-0.3, -0.25) is 4.79 Å². The summed E-state index contributed by atoms with van der Waals surface area (Å²) in [5.41, 5.74) is 3.29. The fourth-order valence-corrected chi connectivity index (χ4v) is 3.85. The summed E-state index contributed by atoms with van der Waals surface area (Å²) in [6.07, 6.45) is 1.67. The van der Waals surface area contributed by atoms with Gasteiger partial charge >= 0.3 is 0 Å². The van der Waals surface area contributed by atoms with Crippen LogP contribution in [-0.4, -0.2) is 52.3 Å². The minimum Gasteiger partial charge on any atom is -0.372 e. The van der Waals surface area contributed by atoms with Crippen molar-refractivity contribution in [2.24, 2.45) is 0 Å². The van der Waals surface area contributed by atoms with E-state index in [-0.39, 0.29) is 5.91 Å². The molecule has 0 fully saturated rings. The zero-order valence-electron chi connectivity index (χ0n) is 17.9. The van der Waals surface area contributed by atoms with Crippen LogP contribution >= 0.6 is 0 Å². The highest BCUT2D eigenvalue weighted by Gasteiger charge is 2.27. The molecule has 30 heavy (non-hydrogen) atoms. The zero-order valence-corrected chi connectivity index (χ0v) is 17.9. The van der Waals surface area contributed by atoms with E-state index in [1.807, 2.05) is 56.1 Å². The number of aryl methyl sites for hydroxylation is 1. The van der Waals surface area contributed by atoms with Gasteiger partial charge in [0.05, 0.1) is 11.3 Å². The van der Waals surface area contributed by atoms with Crippen LogP contribution in [-0.2, 0) is 6.54 Å². The number of rotatable bonds is 5. The quantitative estimate of drug-likeness (QED) is 0.702. The molecule has 1 aliphatic rings. The van der Waals surface area contributed by atoms with Crippen molar-refractivity contribution >= 4 is 23.1 Å². The molecule has 3 heterocycles. The first-order chi connectivity index (χ1) is 14.5. The van der Waals surface area contributed by atoms with E-state index >= 15 is 0 Å². The SMILES string of the molecule is CCNc1cc2c(cn1)C(=O)N(c1cccc(-c3nnc(C)n3CC)c1)CCN2C. The highest BCUT2D eigenvalue weighted by Crippen LogP contribution is 2.30. The standard InChI is InChI=1S/C22H27N7O/c1-5-23-20-13-19-18(14-24-20)22(30)29(11-10-27(19)4)17-9-7-8-16(12-17)21-26-25-15(3)28(21)6-2/h7-9,12-14H,5-6,10-11H2,1-4H3,(H,23,24). The van der Waals surface area contributed by atoms with Gasteiger partial charge in [-0.15, -0.1) is 10.2 Å². The average Bonchev–Trinajstić information content (AvgIpc) is 3.08. The Balaban J connectivity index is 1.72. The number of nitrogens with zero attached hydrogens (tertiary/aromatic N) is 6. The summed E-state index contributed by atoms with van der Waals surface area (Å²) in [6, 6.07) is 9.89. The normalized spacial score (nSPS) is 13.9. The Morgan fingerprint density at radius 2 is 1.97 bits per heavy atom. The highest BCUT2D eigenvalue weighted by molar-refractivity contribution is 6.10. The summed E-state index contributed by atoms with van der Waals surface area (Å²) >= 11 is 0. The van der Waals surface area contributed by atoms with Crippen LogP contribution in [0.2, 0.25) is 0 Å². The lowest BCUT2D eigenvalue weighted by atomic mass is 10.1. The van der Waals surface area contributed by atoms with Gasteiger partial charge in [0.2, 0.25) is 0 Å². The molecule has 1 aromatic carbocycles. The van der Waals surface area contributed by atoms with Crippen molar-refractivity contribution in [3.63, 3.8) is 0 Å². The third kappa shape index (κ3) is 3.49. The van der Waals surface area contributed by atoms with E-state index in [9.17, 15) is 4.79 Å². The van der Waals surface area contributed by atoms with E-state index in [1.54, 1.807) is 6.20 Å². The molecule has 0 spiro atoms. The Labute approximate surface area is 176 Å². The van der Waals surface area contributed by atoms with Crippen LogP contribution < -0.4 is 15.1 Å². The minimum absolute atomic E-state index is 0.0461. The Morgan fingerprint density at radius 1 is 1.13 bits per heavy atom. The molecular formula is C22H27N7O. The number of fused-ring (bicyclic) bond motifs is 1. The highest BCUT2D eigenvalue weighted by atomic mass is 16.2. The third-order valence-corrected chi connectivity index (χ3v) is 5.45. The molecule has 1 N–H and O–H groups in total. The molecule has 0 saturated heterocycles. The summed E-state index contributed by atoms with van der Waals surface area (Å²) in [5, 5.41) is 11.8. The predicted molar refractivity (Wildman–Crippen MR) is 119 cm³/mol. The van der Waals surface area contributed by atoms with E-state index in [0.717, 1.165) is 54.0 Å². The van der Waals surface area contributed by atoms with E-state index in [2.05, 4.69) is 36.9 Å². The van der Waals surface area contributed by atoms with Gasteiger partial charge in [0, 0.05) is 56.7 Å². The second kappa shape index (κ2) is 8.14. The molecule has 8 heteroatoms. The number of amides is 1. The largest absolute Gasteiger partial charge is 0.372 e. The number of anilines is 3. The van der Waals surface area contributed by atoms with Crippen molar-refractivity contribution < 1.29 is 4.79 Å². The van der Waals surface area contributed by atoms with E-state index < -0.39 is 0 Å². The lowest BCUT2D eigenvalue weighted by molar-refractivity contribution is 0.0990. The first-order valence-corrected chi connectivity index (χ1v) is 10.3. The Kier molecular flexibility index (Phi) is 5.39. The van der Waals surface area contributed by atoms with Crippen molar-refractivity contribution in [1.82, 2.24) is 19.7 Å². The van der Waals surface area contributed by atoms with Crippen LogP contribution in [0.25, 0.3) is 11.4 Å². The van der Waals surface area contributed by atoms with Crippen molar-refractivity contribution in [1.29, 1.82) is 0 Å². The average molecular weight is 406 g/mol. The van der Waals surface area contributed by atoms with Crippen LogP contribution in [0, 0.1) is 6.92 Å². The number of hydrogen-bond acceptors (Lipinski definition) is 6. The van der Waals surface area contributed by atoms with Crippen LogP contribution in [0.15, 0.2) is 36.5 Å². The van der Waals surface area contributed by atoms with Crippen LogP contribution in [0.5, 0.6) is 0 Å². The van der Waals surface area contributed by atoms with Gasteiger partial charge in [0.25, 0.3) is 5.91 Å². The van der Waals surface area contributed by atoms with Gasteiger partial charge in [-0.2, -0.15) is 0 Å². The molecule has 0 saturated carbocycles. The molecule has 156 valence electrons. The molecule has 0 bridgehead atoms. The van der Waals surface area contributed by atoms with Crippen molar-refractivity contribution in [3.05, 3.63) is 47.9 Å². The number of pyridine rings is 1. The molecule has 8 nitrogen and oxygen atoms in total. The van der Waals surface area contributed by atoms with Crippen LogP contribution in [0.1, 0.15) is 30.0 Å². The number of aromatic nitrogens is 4. The molecule has 4 rings (SSSR count). The molecule has 0 atom stereocenters. The Hall–Kier alpha value is -3.42. The first-order valence-electron chi connectivity index (χ1n) is 10.3. The Morgan fingerprint density at radius 3 is 2.73 bits per heavy atom. The Bertz CT molecular complexity index is 1080. The summed E-state index contributed by atoms with van der Waals surface area (Å²) < 4.78 is 2.07. The van der Waals surface area contributed by atoms with Crippen molar-refractivity contribution in [2.45, 2.75) is 27.3 Å². The molecule has 0 unspecified atom stereocenters. The van der Waals surface area contributed by atoms with Crippen LogP contribution in [0.3, 0.4) is 0 Å². The van der Waals surface area contributed by atoms with E-state index in [1.165, 1.54) is 0 Å². The zero-order chi connectivity index (χ0) is 21.3. The number of benzene rings is 1. The predicted octanol–water partition coefficient (Wildman–Crippen LogP) is 3.20. The summed E-state index contributed by atoms with van der Waals surface area (Å²) in [4.78, 5) is 21.8. The van der Waals surface area contributed by atoms with E-state index in [0.29, 0.717) is 12.1 Å². The van der Waals surface area contributed by atoms with Gasteiger partial charge < -0.3 is 19.7 Å². The second-order valence-electron chi connectivity index (χ2n) is 7.36. The number of hydrogen-bond donors (Lipinski definition) is 1. The summed E-state index contributed by atoms with van der Waals surface area (Å²) in [5.74, 6) is 2.42.